The molecule has 0 aliphatic rings. The zero-order valence-electron chi connectivity index (χ0n) is 26.3. The van der Waals surface area contributed by atoms with E-state index in [1.165, 1.54) is 12.1 Å². The Balaban J connectivity index is 0.000000371. The number of benzene rings is 3. The maximum Gasteiger partial charge on any atom is 0.339 e. The summed E-state index contributed by atoms with van der Waals surface area (Å²) in [5, 5.41) is 20.8. The van der Waals surface area contributed by atoms with Gasteiger partial charge in [-0.25, -0.2) is 0 Å². The highest BCUT2D eigenvalue weighted by atomic mass is 35.5. The molecule has 3 aromatic carbocycles. The van der Waals surface area contributed by atoms with Gasteiger partial charge in [0.25, 0.3) is 5.69 Å². The minimum Gasteiger partial charge on any atom is -0.480 e. The number of carbonyl (C=O) groups is 2. The first-order valence-electron chi connectivity index (χ1n) is 14.0. The maximum atomic E-state index is 12.2. The molecule has 47 heavy (non-hydrogen) atoms. The molecular weight excluding hydrogens is 678 g/mol. The molecule has 0 radical (unpaired) electrons. The van der Waals surface area contributed by atoms with Crippen LogP contribution in [-0.4, -0.2) is 70.2 Å². The van der Waals surface area contributed by atoms with Crippen molar-refractivity contribution in [1.82, 2.24) is 5.32 Å². The number of alkyl halides is 1. The third-order valence-corrected chi connectivity index (χ3v) is 7.31. The van der Waals surface area contributed by atoms with Crippen molar-refractivity contribution in [1.29, 1.82) is 0 Å². The van der Waals surface area contributed by atoms with Gasteiger partial charge >= 0.3 is 13.6 Å². The Morgan fingerprint density at radius 3 is 2.28 bits per heavy atom. The molecular formula is C30H39Cl2N4O10P. The number of nitrogens with zero attached hydrogens (tertiary/aromatic N) is 2. The largest absolute Gasteiger partial charge is 0.480 e. The Morgan fingerprint density at radius 2 is 1.77 bits per heavy atom. The zero-order valence-corrected chi connectivity index (χ0v) is 28.7. The summed E-state index contributed by atoms with van der Waals surface area (Å²) in [6.07, 6.45) is 0.280. The van der Waals surface area contributed by atoms with Crippen LogP contribution in [0.1, 0.15) is 25.0 Å². The fourth-order valence-corrected chi connectivity index (χ4v) is 4.78. The van der Waals surface area contributed by atoms with Gasteiger partial charge in [0.1, 0.15) is 28.1 Å². The van der Waals surface area contributed by atoms with Crippen molar-refractivity contribution in [2.24, 2.45) is 0 Å². The van der Waals surface area contributed by atoms with Crippen molar-refractivity contribution < 1.29 is 43.4 Å². The van der Waals surface area contributed by atoms with Crippen LogP contribution < -0.4 is 20.7 Å². The standard InChI is InChI=1S/C15H22ClNO2.C12H9ClN2O3.C3H8NO5P/c1-5-13-8-6-7-11(2)15(13)17(14(18)9-16)12(3)10-19-4;13-11-10(18-8-4-2-1-3-5-8)7-6-9(12(11)14)15(16)17;5-3(6)1-4-2-10(7,8)9/h6-8,12H,5,9-10H2,1-4H3;1-7H,14H2;4H,1-2H2,(H,5,6)(H2,7,8,9). The van der Waals surface area contributed by atoms with E-state index in [1.54, 1.807) is 36.3 Å². The highest BCUT2D eigenvalue weighted by Crippen LogP contribution is 2.39. The van der Waals surface area contributed by atoms with Gasteiger partial charge in [-0.2, -0.15) is 0 Å². The molecule has 14 nitrogen and oxygen atoms in total. The zero-order chi connectivity index (χ0) is 35.7. The van der Waals surface area contributed by atoms with Gasteiger partial charge in [-0.1, -0.05) is 54.9 Å². The second kappa shape index (κ2) is 20.5. The molecule has 258 valence electrons. The lowest BCUT2D eigenvalue weighted by atomic mass is 10.0. The Kier molecular flexibility index (Phi) is 18.0. The molecule has 3 aromatic rings. The van der Waals surface area contributed by atoms with Crippen molar-refractivity contribution >= 4 is 59.7 Å². The number of nitro groups is 1. The third-order valence-electron chi connectivity index (χ3n) is 6.06. The first-order chi connectivity index (χ1) is 22.1. The van der Waals surface area contributed by atoms with Crippen LogP contribution in [0.2, 0.25) is 5.02 Å². The fraction of sp³-hybridized carbons (Fsp3) is 0.333. The SMILES string of the molecule is CCc1cccc(C)c1N(C(=O)CCl)C(C)COC.Nc1c([N+](=O)[O-])ccc(Oc2ccccc2)c1Cl.O=C(O)CNCP(=O)(O)O. The van der Waals surface area contributed by atoms with E-state index in [9.17, 15) is 24.3 Å². The number of anilines is 2. The second-order valence-corrected chi connectivity index (χ2v) is 12.1. The van der Waals surface area contributed by atoms with Gasteiger partial charge in [-0.15, -0.1) is 11.6 Å². The van der Waals surface area contributed by atoms with Crippen molar-refractivity contribution in [3.63, 3.8) is 0 Å². The maximum absolute atomic E-state index is 12.2. The van der Waals surface area contributed by atoms with E-state index >= 15 is 0 Å². The molecule has 1 atom stereocenters. The summed E-state index contributed by atoms with van der Waals surface area (Å²) in [5.74, 6) is -0.395. The topological polar surface area (TPSA) is 215 Å². The Morgan fingerprint density at radius 1 is 1.13 bits per heavy atom. The summed E-state index contributed by atoms with van der Waals surface area (Å²) in [5.41, 5.74) is 8.46. The molecule has 0 aliphatic heterocycles. The number of nitrogens with two attached hydrogens (primary N) is 1. The predicted octanol–water partition coefficient (Wildman–Crippen LogP) is 5.58. The van der Waals surface area contributed by atoms with Gasteiger partial charge in [0.05, 0.1) is 36.1 Å². The van der Waals surface area contributed by atoms with Crippen molar-refractivity contribution in [3.05, 3.63) is 86.9 Å². The van der Waals surface area contributed by atoms with E-state index in [4.69, 9.17) is 53.3 Å². The average Bonchev–Trinajstić information content (AvgIpc) is 3.00. The first-order valence-corrected chi connectivity index (χ1v) is 16.7. The van der Waals surface area contributed by atoms with Gasteiger partial charge in [0, 0.05) is 13.2 Å². The van der Waals surface area contributed by atoms with Gasteiger partial charge in [-0.05, 0) is 49.6 Å². The van der Waals surface area contributed by atoms with E-state index in [-0.39, 0.29) is 40.0 Å². The number of aliphatic carboxylic acids is 1. The Bertz CT molecular complexity index is 1530. The molecule has 0 spiro atoms. The number of nitro benzene ring substituents is 1. The molecule has 6 N–H and O–H groups in total. The minimum atomic E-state index is -4.10. The monoisotopic (exact) mass is 716 g/mol. The second-order valence-electron chi connectivity index (χ2n) is 9.76. The molecule has 0 saturated heterocycles. The van der Waals surface area contributed by atoms with E-state index < -0.39 is 31.3 Å². The first kappa shape index (κ1) is 41.3. The smallest absolute Gasteiger partial charge is 0.339 e. The van der Waals surface area contributed by atoms with E-state index in [1.807, 2.05) is 32.0 Å². The minimum absolute atomic E-state index is 0.0223. The summed E-state index contributed by atoms with van der Waals surface area (Å²) in [6, 6.07) is 17.7. The molecule has 1 unspecified atom stereocenters. The number of methoxy groups -OCH3 is 1. The van der Waals surface area contributed by atoms with Crippen LogP contribution in [0.5, 0.6) is 11.5 Å². The van der Waals surface area contributed by atoms with Crippen LogP contribution in [-0.2, 0) is 25.3 Å². The Labute approximate surface area is 282 Å². The lowest BCUT2D eigenvalue weighted by Crippen LogP contribution is -2.43. The number of nitrogens with one attached hydrogen (secondary N) is 1. The number of halogens is 2. The number of para-hydroxylation sites is 2. The van der Waals surface area contributed by atoms with Crippen LogP contribution in [0, 0.1) is 17.0 Å². The van der Waals surface area contributed by atoms with Gasteiger partial charge in [-0.3, -0.25) is 29.6 Å². The summed E-state index contributed by atoms with van der Waals surface area (Å²) < 4.78 is 20.7. The van der Waals surface area contributed by atoms with Crippen molar-refractivity contribution in [2.75, 3.05) is 43.1 Å². The Hall–Kier alpha value is -3.75. The van der Waals surface area contributed by atoms with Crippen molar-refractivity contribution in [2.45, 2.75) is 33.2 Å². The summed E-state index contributed by atoms with van der Waals surface area (Å²) in [7, 11) is -2.46. The highest BCUT2D eigenvalue weighted by molar-refractivity contribution is 7.51. The predicted molar refractivity (Wildman–Crippen MR) is 182 cm³/mol. The van der Waals surface area contributed by atoms with Gasteiger partial charge in [0.2, 0.25) is 5.91 Å². The van der Waals surface area contributed by atoms with Crippen LogP contribution in [0.3, 0.4) is 0 Å². The molecule has 0 bridgehead atoms. The molecule has 1 amide bonds. The highest BCUT2D eigenvalue weighted by Gasteiger charge is 2.24. The average molecular weight is 718 g/mol. The van der Waals surface area contributed by atoms with Gasteiger partial charge in [0.15, 0.2) is 0 Å². The van der Waals surface area contributed by atoms with E-state index in [2.05, 4.69) is 18.3 Å². The number of rotatable bonds is 13. The van der Waals surface area contributed by atoms with Crippen molar-refractivity contribution in [3.8, 4) is 11.5 Å². The number of hydrogen-bond donors (Lipinski definition) is 5. The van der Waals surface area contributed by atoms with Crippen LogP contribution >= 0.6 is 30.8 Å². The molecule has 0 aliphatic carbocycles. The normalized spacial score (nSPS) is 11.2. The number of amides is 1. The lowest BCUT2D eigenvalue weighted by molar-refractivity contribution is -0.383. The molecule has 0 fully saturated rings. The molecule has 17 heteroatoms. The van der Waals surface area contributed by atoms with Crippen LogP contribution in [0.25, 0.3) is 0 Å². The van der Waals surface area contributed by atoms with Crippen LogP contribution in [0.4, 0.5) is 17.1 Å². The number of nitrogen functional groups attached to an aromatic ring is 1. The number of ether oxygens (including phenoxy) is 2. The van der Waals surface area contributed by atoms with E-state index in [0.29, 0.717) is 12.4 Å². The number of carboxylic acids is 1. The molecule has 0 aromatic heterocycles. The summed E-state index contributed by atoms with van der Waals surface area (Å²) in [4.78, 5) is 50.2. The molecule has 3 rings (SSSR count). The molecule has 0 heterocycles. The summed E-state index contributed by atoms with van der Waals surface area (Å²) in [6.45, 7) is 6.12. The quantitative estimate of drug-likeness (QED) is 0.0482. The molecule has 0 saturated carbocycles. The third kappa shape index (κ3) is 14.3. The van der Waals surface area contributed by atoms with Gasteiger partial charge < -0.3 is 35.0 Å². The number of carboxylic acid groups (broad SMARTS) is 1. The fourth-order valence-electron chi connectivity index (χ4n) is 4.05. The number of aryl methyl sites for hydroxylation is 2. The number of carbonyl (C=O) groups excluding carboxylic acids is 1. The number of hydrogen-bond acceptors (Lipinski definition) is 9. The summed E-state index contributed by atoms with van der Waals surface area (Å²) >= 11 is 11.7. The van der Waals surface area contributed by atoms with Crippen LogP contribution in [0.15, 0.2) is 60.7 Å². The lowest BCUT2D eigenvalue weighted by Gasteiger charge is -2.31. The van der Waals surface area contributed by atoms with E-state index in [0.717, 1.165) is 23.2 Å².